The zero-order chi connectivity index (χ0) is 17.3. The largest absolute Gasteiger partial charge is 0.342 e. The molecule has 8 heteroatoms. The number of piperidine rings is 1. The van der Waals surface area contributed by atoms with E-state index in [1.807, 2.05) is 0 Å². The van der Waals surface area contributed by atoms with Gasteiger partial charge in [0, 0.05) is 38.4 Å². The summed E-state index contributed by atoms with van der Waals surface area (Å²) < 4.78 is 2.29. The number of nitrogens with zero attached hydrogens (tertiary/aromatic N) is 4. The van der Waals surface area contributed by atoms with Crippen LogP contribution in [-0.4, -0.2) is 45.2 Å². The zero-order valence-corrected chi connectivity index (χ0v) is 17.7. The molecule has 0 aromatic carbocycles. The summed E-state index contributed by atoms with van der Waals surface area (Å²) in [4.78, 5) is 15.1. The summed E-state index contributed by atoms with van der Waals surface area (Å²) in [7, 11) is 0. The average molecular weight is 418 g/mol. The van der Waals surface area contributed by atoms with Crippen LogP contribution < -0.4 is 5.73 Å². The SMILES string of the molecule is Cl.Cl.NCC1(CC(=O)N2CCCC(c3nnc4n3CCC4)C2)CCCCC1. The molecular formula is C19H33Cl2N5O. The molecule has 1 saturated heterocycles. The standard InChI is InChI=1S/C19H31N5O.2ClH/c20-14-19(8-2-1-3-9-19)12-17(25)23-10-4-6-15(13-23)18-22-21-16-7-5-11-24(16)18;;/h15H,1-14,20H2;2*1H. The maximum atomic E-state index is 13.0. The summed E-state index contributed by atoms with van der Waals surface area (Å²) in [6.45, 7) is 3.38. The third-order valence-electron chi connectivity index (χ3n) is 6.65. The number of hydrogen-bond acceptors (Lipinski definition) is 4. The fourth-order valence-corrected chi connectivity index (χ4v) is 5.08. The van der Waals surface area contributed by atoms with Crippen LogP contribution in [-0.2, 0) is 17.8 Å². The van der Waals surface area contributed by atoms with Crippen LogP contribution in [0.25, 0.3) is 0 Å². The fraction of sp³-hybridized carbons (Fsp3) is 0.842. The first kappa shape index (κ1) is 22.4. The number of carbonyl (C=O) groups is 1. The number of amides is 1. The molecule has 0 radical (unpaired) electrons. The van der Waals surface area contributed by atoms with Crippen LogP contribution in [0, 0.1) is 5.41 Å². The molecule has 1 aliphatic carbocycles. The van der Waals surface area contributed by atoms with Gasteiger partial charge in [-0.2, -0.15) is 0 Å². The molecule has 4 rings (SSSR count). The quantitative estimate of drug-likeness (QED) is 0.815. The van der Waals surface area contributed by atoms with Crippen LogP contribution in [0.2, 0.25) is 0 Å². The van der Waals surface area contributed by atoms with Gasteiger partial charge in [-0.15, -0.1) is 35.0 Å². The highest BCUT2D eigenvalue weighted by atomic mass is 35.5. The number of fused-ring (bicyclic) bond motifs is 1. The molecule has 2 fully saturated rings. The number of halogens is 2. The van der Waals surface area contributed by atoms with E-state index in [1.54, 1.807) is 0 Å². The highest BCUT2D eigenvalue weighted by molar-refractivity contribution is 5.85. The van der Waals surface area contributed by atoms with Gasteiger partial charge in [-0.25, -0.2) is 0 Å². The number of nitrogens with two attached hydrogens (primary N) is 1. The fourth-order valence-electron chi connectivity index (χ4n) is 5.08. The lowest BCUT2D eigenvalue weighted by atomic mass is 9.71. The van der Waals surface area contributed by atoms with Crippen molar-refractivity contribution in [1.29, 1.82) is 0 Å². The Labute approximate surface area is 174 Å². The van der Waals surface area contributed by atoms with Crippen molar-refractivity contribution in [2.24, 2.45) is 11.1 Å². The second-order valence-electron chi connectivity index (χ2n) is 8.35. The molecule has 1 unspecified atom stereocenters. The molecule has 1 aromatic heterocycles. The van der Waals surface area contributed by atoms with E-state index < -0.39 is 0 Å². The molecule has 0 spiro atoms. The van der Waals surface area contributed by atoms with Crippen LogP contribution in [0.4, 0.5) is 0 Å². The van der Waals surface area contributed by atoms with Gasteiger partial charge >= 0.3 is 0 Å². The third kappa shape index (κ3) is 4.60. The molecule has 2 N–H and O–H groups in total. The molecule has 154 valence electrons. The van der Waals surface area contributed by atoms with E-state index in [-0.39, 0.29) is 30.2 Å². The second-order valence-corrected chi connectivity index (χ2v) is 8.35. The molecule has 1 aromatic rings. The zero-order valence-electron chi connectivity index (χ0n) is 16.1. The Morgan fingerprint density at radius 1 is 1.07 bits per heavy atom. The molecule has 27 heavy (non-hydrogen) atoms. The number of rotatable bonds is 4. The van der Waals surface area contributed by atoms with Gasteiger partial charge in [0.25, 0.3) is 0 Å². The minimum absolute atomic E-state index is 0. The first-order valence-corrected chi connectivity index (χ1v) is 10.1. The second kappa shape index (κ2) is 9.57. The number of aryl methyl sites for hydroxylation is 1. The number of carbonyl (C=O) groups excluding carboxylic acids is 1. The van der Waals surface area contributed by atoms with Crippen molar-refractivity contribution in [3.05, 3.63) is 11.6 Å². The summed E-state index contributed by atoms with van der Waals surface area (Å²) in [6, 6.07) is 0. The third-order valence-corrected chi connectivity index (χ3v) is 6.65. The van der Waals surface area contributed by atoms with Gasteiger partial charge in [-0.3, -0.25) is 4.79 Å². The van der Waals surface area contributed by atoms with Crippen molar-refractivity contribution < 1.29 is 4.79 Å². The van der Waals surface area contributed by atoms with Crippen molar-refractivity contribution in [3.63, 3.8) is 0 Å². The molecule has 1 amide bonds. The molecule has 1 atom stereocenters. The van der Waals surface area contributed by atoms with E-state index >= 15 is 0 Å². The van der Waals surface area contributed by atoms with Gasteiger partial charge in [0.15, 0.2) is 0 Å². The van der Waals surface area contributed by atoms with Crippen LogP contribution >= 0.6 is 24.8 Å². The highest BCUT2D eigenvalue weighted by Gasteiger charge is 2.36. The van der Waals surface area contributed by atoms with Crippen molar-refractivity contribution in [2.75, 3.05) is 19.6 Å². The molecule has 1 saturated carbocycles. The molecule has 2 aliphatic heterocycles. The lowest BCUT2D eigenvalue weighted by Crippen LogP contribution is -2.44. The lowest BCUT2D eigenvalue weighted by Gasteiger charge is -2.39. The minimum Gasteiger partial charge on any atom is -0.342 e. The molecule has 3 aliphatic rings. The summed E-state index contributed by atoms with van der Waals surface area (Å²) in [5.74, 6) is 2.88. The molecular weight excluding hydrogens is 385 g/mol. The summed E-state index contributed by atoms with van der Waals surface area (Å²) >= 11 is 0. The van der Waals surface area contributed by atoms with Gasteiger partial charge < -0.3 is 15.2 Å². The van der Waals surface area contributed by atoms with Crippen molar-refractivity contribution in [1.82, 2.24) is 19.7 Å². The van der Waals surface area contributed by atoms with E-state index in [2.05, 4.69) is 19.7 Å². The van der Waals surface area contributed by atoms with Crippen molar-refractivity contribution in [3.8, 4) is 0 Å². The first-order valence-electron chi connectivity index (χ1n) is 10.1. The predicted molar refractivity (Wildman–Crippen MR) is 111 cm³/mol. The Hall–Kier alpha value is -0.850. The Morgan fingerprint density at radius 3 is 2.59 bits per heavy atom. The van der Waals surface area contributed by atoms with Crippen LogP contribution in [0.3, 0.4) is 0 Å². The summed E-state index contributed by atoms with van der Waals surface area (Å²) in [5, 5.41) is 8.81. The molecule has 0 bridgehead atoms. The number of likely N-dealkylation sites (tertiary alicyclic amines) is 1. The average Bonchev–Trinajstić information content (AvgIpc) is 3.26. The van der Waals surface area contributed by atoms with E-state index in [1.165, 1.54) is 25.7 Å². The Balaban J connectivity index is 0.00000131. The van der Waals surface area contributed by atoms with E-state index in [0.717, 1.165) is 63.4 Å². The van der Waals surface area contributed by atoms with Gasteiger partial charge in [0.1, 0.15) is 11.6 Å². The van der Waals surface area contributed by atoms with E-state index in [9.17, 15) is 4.79 Å². The maximum absolute atomic E-state index is 13.0. The van der Waals surface area contributed by atoms with Crippen molar-refractivity contribution >= 4 is 30.7 Å². The first-order chi connectivity index (χ1) is 12.2. The molecule has 6 nitrogen and oxygen atoms in total. The Morgan fingerprint density at radius 2 is 1.85 bits per heavy atom. The number of hydrogen-bond donors (Lipinski definition) is 1. The maximum Gasteiger partial charge on any atom is 0.223 e. The van der Waals surface area contributed by atoms with Gasteiger partial charge in [0.2, 0.25) is 5.91 Å². The Bertz CT molecular complexity index is 630. The monoisotopic (exact) mass is 417 g/mol. The lowest BCUT2D eigenvalue weighted by molar-refractivity contribution is -0.135. The van der Waals surface area contributed by atoms with Crippen LogP contribution in [0.15, 0.2) is 0 Å². The van der Waals surface area contributed by atoms with E-state index in [4.69, 9.17) is 5.73 Å². The highest BCUT2D eigenvalue weighted by Crippen LogP contribution is 2.39. The van der Waals surface area contributed by atoms with Gasteiger partial charge in [-0.05, 0) is 44.1 Å². The minimum atomic E-state index is 0. The van der Waals surface area contributed by atoms with E-state index in [0.29, 0.717) is 24.8 Å². The Kier molecular flexibility index (Phi) is 7.95. The smallest absolute Gasteiger partial charge is 0.223 e. The summed E-state index contributed by atoms with van der Waals surface area (Å²) in [6.07, 6.45) is 11.0. The number of aromatic nitrogens is 3. The molecule has 3 heterocycles. The topological polar surface area (TPSA) is 77.0 Å². The predicted octanol–water partition coefficient (Wildman–Crippen LogP) is 3.07. The van der Waals surface area contributed by atoms with Crippen LogP contribution in [0.1, 0.15) is 75.4 Å². The summed E-state index contributed by atoms with van der Waals surface area (Å²) in [5.41, 5.74) is 6.14. The van der Waals surface area contributed by atoms with Crippen molar-refractivity contribution in [2.45, 2.75) is 76.7 Å². The van der Waals surface area contributed by atoms with Gasteiger partial charge in [0.05, 0.1) is 0 Å². The normalized spacial score (nSPS) is 23.9. The van der Waals surface area contributed by atoms with Gasteiger partial charge in [-0.1, -0.05) is 19.3 Å². The van der Waals surface area contributed by atoms with Crippen LogP contribution in [0.5, 0.6) is 0 Å².